The Balaban J connectivity index is 1.99. The zero-order valence-electron chi connectivity index (χ0n) is 13.3. The van der Waals surface area contributed by atoms with Crippen LogP contribution in [0.1, 0.15) is 32.3 Å². The highest BCUT2D eigenvalue weighted by Crippen LogP contribution is 2.30. The van der Waals surface area contributed by atoms with Gasteiger partial charge in [0.2, 0.25) is 0 Å². The smallest absolute Gasteiger partial charge is 0.0546 e. The molecule has 0 aliphatic heterocycles. The predicted octanol–water partition coefficient (Wildman–Crippen LogP) is 3.29. The largest absolute Gasteiger partial charge is 0.393 e. The van der Waals surface area contributed by atoms with Crippen LogP contribution >= 0.6 is 11.6 Å². The molecule has 0 radical (unpaired) electrons. The number of hydrogen-bond donors (Lipinski definition) is 2. The quantitative estimate of drug-likeness (QED) is 0.811. The van der Waals surface area contributed by atoms with Crippen LogP contribution in [0.3, 0.4) is 0 Å². The fraction of sp³-hybridized carbons (Fsp3) is 0.647. The molecule has 0 saturated heterocycles. The molecule has 2 rings (SSSR count). The van der Waals surface area contributed by atoms with Crippen LogP contribution < -0.4 is 10.2 Å². The summed E-state index contributed by atoms with van der Waals surface area (Å²) in [6.07, 6.45) is 1.78. The van der Waals surface area contributed by atoms with Crippen molar-refractivity contribution in [3.63, 3.8) is 0 Å². The first-order valence-corrected chi connectivity index (χ1v) is 8.22. The van der Waals surface area contributed by atoms with Gasteiger partial charge in [0.05, 0.1) is 6.10 Å². The van der Waals surface area contributed by atoms with Crippen molar-refractivity contribution in [2.24, 2.45) is 11.8 Å². The van der Waals surface area contributed by atoms with Gasteiger partial charge in [0, 0.05) is 30.8 Å². The van der Waals surface area contributed by atoms with Gasteiger partial charge in [-0.25, -0.2) is 0 Å². The predicted molar refractivity (Wildman–Crippen MR) is 90.0 cm³/mol. The number of rotatable bonds is 7. The molecule has 0 heterocycles. The van der Waals surface area contributed by atoms with E-state index in [1.165, 1.54) is 11.3 Å². The van der Waals surface area contributed by atoms with Crippen LogP contribution in [-0.2, 0) is 6.54 Å². The topological polar surface area (TPSA) is 35.5 Å². The Bertz CT molecular complexity index is 458. The lowest BCUT2D eigenvalue weighted by Gasteiger charge is -2.35. The minimum atomic E-state index is -0.0826. The molecule has 1 saturated carbocycles. The molecular formula is C17H27ClN2O. The second-order valence-corrected chi connectivity index (χ2v) is 7.11. The number of nitrogens with zero attached hydrogens (tertiary/aromatic N) is 1. The van der Waals surface area contributed by atoms with Crippen molar-refractivity contribution in [3.05, 3.63) is 28.8 Å². The summed E-state index contributed by atoms with van der Waals surface area (Å²) in [5.74, 6) is 1.25. The van der Waals surface area contributed by atoms with Crippen molar-refractivity contribution in [2.75, 3.05) is 25.0 Å². The molecule has 3 nitrogen and oxygen atoms in total. The summed E-state index contributed by atoms with van der Waals surface area (Å²) in [6.45, 7) is 7.26. The van der Waals surface area contributed by atoms with Crippen molar-refractivity contribution < 1.29 is 5.11 Å². The summed E-state index contributed by atoms with van der Waals surface area (Å²) in [5, 5.41) is 13.7. The lowest BCUT2D eigenvalue weighted by molar-refractivity contribution is 0.0464. The number of anilines is 1. The molecular weight excluding hydrogens is 284 g/mol. The molecule has 1 fully saturated rings. The number of hydrogen-bond acceptors (Lipinski definition) is 3. The SMILES string of the molecule is CC(C)CNCc1cc(Cl)ccc1N(C)CC1CC(O)C1. The summed E-state index contributed by atoms with van der Waals surface area (Å²) < 4.78 is 0. The van der Waals surface area contributed by atoms with Gasteiger partial charge in [-0.05, 0) is 55.0 Å². The van der Waals surface area contributed by atoms with E-state index in [2.05, 4.69) is 43.2 Å². The van der Waals surface area contributed by atoms with E-state index in [-0.39, 0.29) is 6.10 Å². The Morgan fingerprint density at radius 2 is 2.10 bits per heavy atom. The summed E-state index contributed by atoms with van der Waals surface area (Å²) in [4.78, 5) is 2.29. The van der Waals surface area contributed by atoms with Crippen molar-refractivity contribution in [1.29, 1.82) is 0 Å². The average Bonchev–Trinajstić information content (AvgIpc) is 2.36. The van der Waals surface area contributed by atoms with Crippen LogP contribution in [0.15, 0.2) is 18.2 Å². The molecule has 1 aliphatic rings. The third-order valence-electron chi connectivity index (χ3n) is 4.06. The van der Waals surface area contributed by atoms with Gasteiger partial charge in [0.15, 0.2) is 0 Å². The Kier molecular flexibility index (Phi) is 5.91. The fourth-order valence-corrected chi connectivity index (χ4v) is 3.09. The number of benzene rings is 1. The van der Waals surface area contributed by atoms with E-state index in [4.69, 9.17) is 11.6 Å². The van der Waals surface area contributed by atoms with Crippen molar-refractivity contribution in [1.82, 2.24) is 5.32 Å². The van der Waals surface area contributed by atoms with Gasteiger partial charge in [-0.3, -0.25) is 0 Å². The molecule has 1 aromatic rings. The van der Waals surface area contributed by atoms with Gasteiger partial charge in [-0.1, -0.05) is 25.4 Å². The average molecular weight is 311 g/mol. The fourth-order valence-electron chi connectivity index (χ4n) is 2.90. The Morgan fingerprint density at radius 1 is 1.38 bits per heavy atom. The van der Waals surface area contributed by atoms with Gasteiger partial charge in [-0.15, -0.1) is 0 Å². The number of aliphatic hydroxyl groups excluding tert-OH is 1. The first kappa shape index (κ1) is 16.6. The maximum atomic E-state index is 9.41. The van der Waals surface area contributed by atoms with E-state index < -0.39 is 0 Å². The number of halogens is 1. The normalized spacial score (nSPS) is 21.4. The lowest BCUT2D eigenvalue weighted by Crippen LogP contribution is -2.37. The molecule has 0 amide bonds. The third kappa shape index (κ3) is 4.87. The maximum Gasteiger partial charge on any atom is 0.0546 e. The van der Waals surface area contributed by atoms with Crippen LogP contribution in [0.5, 0.6) is 0 Å². The monoisotopic (exact) mass is 310 g/mol. The molecule has 0 aromatic heterocycles. The second kappa shape index (κ2) is 7.48. The van der Waals surface area contributed by atoms with Crippen LogP contribution in [0.4, 0.5) is 5.69 Å². The van der Waals surface area contributed by atoms with E-state index in [9.17, 15) is 5.11 Å². The van der Waals surface area contributed by atoms with Gasteiger partial charge >= 0.3 is 0 Å². The molecule has 1 aliphatic carbocycles. The molecule has 0 spiro atoms. The molecule has 21 heavy (non-hydrogen) atoms. The zero-order chi connectivity index (χ0) is 15.4. The van der Waals surface area contributed by atoms with E-state index in [1.807, 2.05) is 6.07 Å². The van der Waals surface area contributed by atoms with E-state index in [0.29, 0.717) is 11.8 Å². The maximum absolute atomic E-state index is 9.41. The summed E-state index contributed by atoms with van der Waals surface area (Å²) >= 11 is 6.15. The van der Waals surface area contributed by atoms with Crippen molar-refractivity contribution in [2.45, 2.75) is 39.3 Å². The molecule has 1 aromatic carbocycles. The molecule has 0 atom stereocenters. The Morgan fingerprint density at radius 3 is 2.71 bits per heavy atom. The van der Waals surface area contributed by atoms with E-state index in [1.54, 1.807) is 0 Å². The van der Waals surface area contributed by atoms with E-state index in [0.717, 1.165) is 37.5 Å². The summed E-state index contributed by atoms with van der Waals surface area (Å²) in [5.41, 5.74) is 2.47. The molecule has 4 heteroatoms. The van der Waals surface area contributed by atoms with Gasteiger partial charge < -0.3 is 15.3 Å². The van der Waals surface area contributed by atoms with Crippen LogP contribution in [0.25, 0.3) is 0 Å². The lowest BCUT2D eigenvalue weighted by atomic mass is 9.82. The summed E-state index contributed by atoms with van der Waals surface area (Å²) in [7, 11) is 2.12. The number of aliphatic hydroxyl groups is 1. The highest BCUT2D eigenvalue weighted by Gasteiger charge is 2.28. The number of nitrogens with one attached hydrogen (secondary N) is 1. The van der Waals surface area contributed by atoms with Crippen molar-refractivity contribution in [3.8, 4) is 0 Å². The van der Waals surface area contributed by atoms with Crippen LogP contribution in [-0.4, -0.2) is 31.3 Å². The molecule has 118 valence electrons. The van der Waals surface area contributed by atoms with Crippen molar-refractivity contribution >= 4 is 17.3 Å². The minimum Gasteiger partial charge on any atom is -0.393 e. The third-order valence-corrected chi connectivity index (χ3v) is 4.30. The van der Waals surface area contributed by atoms with Crippen LogP contribution in [0, 0.1) is 11.8 Å². The molecule has 0 bridgehead atoms. The standard InChI is InChI=1S/C17H27ClN2O/c1-12(2)9-19-10-14-8-15(18)4-5-17(14)20(3)11-13-6-16(21)7-13/h4-5,8,12-13,16,19,21H,6-7,9-11H2,1-3H3. The highest BCUT2D eigenvalue weighted by atomic mass is 35.5. The van der Waals surface area contributed by atoms with E-state index >= 15 is 0 Å². The zero-order valence-corrected chi connectivity index (χ0v) is 14.0. The van der Waals surface area contributed by atoms with Gasteiger partial charge in [-0.2, -0.15) is 0 Å². The second-order valence-electron chi connectivity index (χ2n) is 6.67. The Labute approximate surface area is 133 Å². The first-order valence-electron chi connectivity index (χ1n) is 7.84. The Hall–Kier alpha value is -0.770. The summed E-state index contributed by atoms with van der Waals surface area (Å²) in [6, 6.07) is 6.11. The highest BCUT2D eigenvalue weighted by molar-refractivity contribution is 6.30. The molecule has 2 N–H and O–H groups in total. The first-order chi connectivity index (χ1) is 9.95. The van der Waals surface area contributed by atoms with Crippen LogP contribution in [0.2, 0.25) is 5.02 Å². The van der Waals surface area contributed by atoms with Gasteiger partial charge in [0.25, 0.3) is 0 Å². The van der Waals surface area contributed by atoms with Gasteiger partial charge in [0.1, 0.15) is 0 Å². The molecule has 0 unspecified atom stereocenters. The minimum absolute atomic E-state index is 0.0826.